The maximum Gasteiger partial charge on any atom is 0.296 e. The highest BCUT2D eigenvalue weighted by Crippen LogP contribution is 2.41. The van der Waals surface area contributed by atoms with E-state index in [0.29, 0.717) is 17.9 Å². The fourth-order valence-corrected chi connectivity index (χ4v) is 4.65. The molecule has 7 heteroatoms. The number of rotatable bonds is 7. The number of amides is 1. The van der Waals surface area contributed by atoms with E-state index in [2.05, 4.69) is 0 Å². The van der Waals surface area contributed by atoms with E-state index in [9.17, 15) is 14.7 Å². The quantitative estimate of drug-likeness (QED) is 0.292. The van der Waals surface area contributed by atoms with Crippen LogP contribution in [-0.4, -0.2) is 28.3 Å². The number of furan rings is 1. The van der Waals surface area contributed by atoms with Gasteiger partial charge in [0.1, 0.15) is 23.3 Å². The van der Waals surface area contributed by atoms with Crippen molar-refractivity contribution >= 4 is 28.8 Å². The molecule has 1 aliphatic heterocycles. The highest BCUT2D eigenvalue weighted by Gasteiger charge is 2.47. The van der Waals surface area contributed by atoms with Gasteiger partial charge in [-0.2, -0.15) is 0 Å². The molecule has 0 spiro atoms. The van der Waals surface area contributed by atoms with Crippen molar-refractivity contribution < 1.29 is 23.8 Å². The summed E-state index contributed by atoms with van der Waals surface area (Å²) in [5.74, 6) is -0.288. The van der Waals surface area contributed by atoms with Crippen molar-refractivity contribution in [1.82, 2.24) is 4.90 Å². The second-order valence-corrected chi connectivity index (χ2v) is 8.89. The van der Waals surface area contributed by atoms with E-state index in [0.717, 1.165) is 16.2 Å². The summed E-state index contributed by atoms with van der Waals surface area (Å²) in [6.07, 6.45) is 1.49. The van der Waals surface area contributed by atoms with Crippen LogP contribution in [0.5, 0.6) is 5.75 Å². The topological polar surface area (TPSA) is 80.0 Å². The minimum Gasteiger partial charge on any atom is -0.507 e. The Morgan fingerprint density at radius 3 is 2.66 bits per heavy atom. The van der Waals surface area contributed by atoms with Crippen molar-refractivity contribution in [2.75, 3.05) is 6.61 Å². The Bertz CT molecular complexity index is 1150. The number of nitrogens with zero attached hydrogens (tertiary/aromatic N) is 1. The van der Waals surface area contributed by atoms with Gasteiger partial charge in [-0.05, 0) is 60.2 Å². The molecule has 3 aromatic rings. The van der Waals surface area contributed by atoms with Crippen LogP contribution >= 0.6 is 11.3 Å². The summed E-state index contributed by atoms with van der Waals surface area (Å²) in [6.45, 7) is 6.76. The summed E-state index contributed by atoms with van der Waals surface area (Å²) in [4.78, 5) is 28.4. The van der Waals surface area contributed by atoms with Crippen molar-refractivity contribution in [3.8, 4) is 5.75 Å². The average Bonchev–Trinajstić information content (AvgIpc) is 3.53. The van der Waals surface area contributed by atoms with E-state index in [1.165, 1.54) is 22.5 Å². The lowest BCUT2D eigenvalue weighted by Crippen LogP contribution is -2.28. The number of likely N-dealkylation sites (tertiary alicyclic amines) is 1. The Balaban J connectivity index is 1.83. The first kappa shape index (κ1) is 21.9. The van der Waals surface area contributed by atoms with E-state index in [1.807, 2.05) is 44.4 Å². The van der Waals surface area contributed by atoms with Crippen molar-refractivity contribution in [1.29, 1.82) is 0 Å². The molecule has 0 bridgehead atoms. The number of carbonyl (C=O) groups is 2. The summed E-state index contributed by atoms with van der Waals surface area (Å²) in [7, 11) is 0. The van der Waals surface area contributed by atoms with Crippen LogP contribution in [0, 0.1) is 0 Å². The molecule has 1 amide bonds. The summed E-state index contributed by atoms with van der Waals surface area (Å²) >= 11 is 1.50. The molecule has 1 unspecified atom stereocenters. The number of hydrogen-bond donors (Lipinski definition) is 1. The monoisotopic (exact) mass is 451 g/mol. The first-order valence-corrected chi connectivity index (χ1v) is 11.4. The number of hydrogen-bond acceptors (Lipinski definition) is 6. The van der Waals surface area contributed by atoms with E-state index < -0.39 is 17.7 Å². The Hall–Kier alpha value is -3.32. The lowest BCUT2D eigenvalue weighted by Gasteiger charge is -2.22. The molecular formula is C25H25NO5S. The van der Waals surface area contributed by atoms with Crippen molar-refractivity contribution in [2.24, 2.45) is 0 Å². The Kier molecular flexibility index (Phi) is 6.19. The molecule has 32 heavy (non-hydrogen) atoms. The molecule has 1 saturated heterocycles. The van der Waals surface area contributed by atoms with Gasteiger partial charge >= 0.3 is 0 Å². The highest BCUT2D eigenvalue weighted by molar-refractivity contribution is 7.09. The van der Waals surface area contributed by atoms with Crippen LogP contribution in [0.1, 0.15) is 54.5 Å². The number of aliphatic hydroxyl groups is 1. The van der Waals surface area contributed by atoms with Gasteiger partial charge < -0.3 is 19.2 Å². The normalized spacial score (nSPS) is 18.0. The lowest BCUT2D eigenvalue weighted by molar-refractivity contribution is -0.140. The molecule has 166 valence electrons. The maximum absolute atomic E-state index is 13.1. The molecule has 6 nitrogen and oxygen atoms in total. The van der Waals surface area contributed by atoms with Gasteiger partial charge in [-0.3, -0.25) is 9.59 Å². The molecule has 3 heterocycles. The Morgan fingerprint density at radius 1 is 1.22 bits per heavy atom. The second-order valence-electron chi connectivity index (χ2n) is 7.86. The van der Waals surface area contributed by atoms with Crippen molar-refractivity contribution in [3.05, 3.63) is 81.4 Å². The molecule has 1 N–H and O–H groups in total. The van der Waals surface area contributed by atoms with E-state index in [4.69, 9.17) is 9.15 Å². The van der Waals surface area contributed by atoms with Gasteiger partial charge in [0.15, 0.2) is 0 Å². The predicted molar refractivity (Wildman–Crippen MR) is 123 cm³/mol. The Labute approximate surface area is 190 Å². The van der Waals surface area contributed by atoms with Gasteiger partial charge in [0.25, 0.3) is 11.7 Å². The smallest absolute Gasteiger partial charge is 0.296 e. The number of ketones is 1. The van der Waals surface area contributed by atoms with Crippen LogP contribution in [-0.2, 0) is 16.1 Å². The first-order chi connectivity index (χ1) is 15.4. The number of aliphatic hydroxyl groups excluding tert-OH is 1. The van der Waals surface area contributed by atoms with Crippen LogP contribution < -0.4 is 4.74 Å². The number of thiophene rings is 1. The lowest BCUT2D eigenvalue weighted by atomic mass is 9.95. The Morgan fingerprint density at radius 2 is 2.03 bits per heavy atom. The second kappa shape index (κ2) is 9.04. The minimum atomic E-state index is -0.804. The fourth-order valence-electron chi connectivity index (χ4n) is 3.95. The third-order valence-electron chi connectivity index (χ3n) is 5.46. The summed E-state index contributed by atoms with van der Waals surface area (Å²) in [5.41, 5.74) is 1.40. The van der Waals surface area contributed by atoms with E-state index in [1.54, 1.807) is 24.3 Å². The zero-order chi connectivity index (χ0) is 22.8. The number of Topliss-reactive ketones (excluding diaryl/α,β-unsaturated/α-hetero) is 1. The highest BCUT2D eigenvalue weighted by atomic mass is 32.1. The summed E-state index contributed by atoms with van der Waals surface area (Å²) in [5, 5.41) is 13.2. The number of carbonyl (C=O) groups excluding carboxylic acids is 2. The van der Waals surface area contributed by atoms with Gasteiger partial charge in [-0.15, -0.1) is 11.3 Å². The molecule has 0 saturated carbocycles. The van der Waals surface area contributed by atoms with Gasteiger partial charge in [0.2, 0.25) is 0 Å². The van der Waals surface area contributed by atoms with Gasteiger partial charge in [0.05, 0.1) is 25.0 Å². The average molecular weight is 452 g/mol. The van der Waals surface area contributed by atoms with Crippen molar-refractivity contribution in [3.63, 3.8) is 0 Å². The van der Waals surface area contributed by atoms with E-state index >= 15 is 0 Å². The van der Waals surface area contributed by atoms with Crippen molar-refractivity contribution in [2.45, 2.75) is 39.3 Å². The minimum absolute atomic E-state index is 0.0281. The van der Waals surface area contributed by atoms with Gasteiger partial charge in [-0.1, -0.05) is 19.9 Å². The van der Waals surface area contributed by atoms with Crippen LogP contribution in [0.3, 0.4) is 0 Å². The molecule has 2 aromatic heterocycles. The number of benzene rings is 1. The summed E-state index contributed by atoms with van der Waals surface area (Å²) < 4.78 is 11.3. The summed E-state index contributed by atoms with van der Waals surface area (Å²) in [6, 6.07) is 11.7. The van der Waals surface area contributed by atoms with Crippen LogP contribution in [0.15, 0.2) is 64.1 Å². The SMILES string of the molecule is CCOc1ccc(/C(O)=C2/C(=O)C(=O)N(Cc3cccs3)C2c2ccco2)cc1C(C)C. The number of ether oxygens (including phenoxy) is 1. The molecule has 0 aliphatic carbocycles. The first-order valence-electron chi connectivity index (χ1n) is 10.5. The standard InChI is InChI=1S/C25H25NO5S/c1-4-30-19-10-9-16(13-18(19)15(2)3)23(27)21-22(20-8-5-11-31-20)26(25(29)24(21)28)14-17-7-6-12-32-17/h5-13,15,22,27H,4,14H2,1-3H3/b23-21-. The van der Waals surface area contributed by atoms with E-state index in [-0.39, 0.29) is 23.8 Å². The molecule has 0 radical (unpaired) electrons. The van der Waals surface area contributed by atoms with Crippen LogP contribution in [0.25, 0.3) is 5.76 Å². The zero-order valence-electron chi connectivity index (χ0n) is 18.2. The predicted octanol–water partition coefficient (Wildman–Crippen LogP) is 5.49. The van der Waals surface area contributed by atoms with Crippen LogP contribution in [0.4, 0.5) is 0 Å². The molecule has 1 atom stereocenters. The molecule has 1 aromatic carbocycles. The van der Waals surface area contributed by atoms with Gasteiger partial charge in [0, 0.05) is 10.4 Å². The third kappa shape index (κ3) is 3.96. The molecule has 1 aliphatic rings. The van der Waals surface area contributed by atoms with Crippen LogP contribution in [0.2, 0.25) is 0 Å². The molecular weight excluding hydrogens is 426 g/mol. The zero-order valence-corrected chi connectivity index (χ0v) is 19.0. The molecule has 1 fully saturated rings. The third-order valence-corrected chi connectivity index (χ3v) is 6.33. The maximum atomic E-state index is 13.1. The molecule has 4 rings (SSSR count). The fraction of sp³-hybridized carbons (Fsp3) is 0.280. The van der Waals surface area contributed by atoms with Gasteiger partial charge in [-0.25, -0.2) is 0 Å². The largest absolute Gasteiger partial charge is 0.507 e.